The van der Waals surface area contributed by atoms with Gasteiger partial charge in [-0.1, -0.05) is 6.92 Å². The first-order valence-corrected chi connectivity index (χ1v) is 3.52. The molecule has 0 radical (unpaired) electrons. The molecule has 0 aliphatic heterocycles. The fourth-order valence-electron chi connectivity index (χ4n) is 1.05. The molecule has 60 valence electrons. The van der Waals surface area contributed by atoms with E-state index in [1.165, 1.54) is 0 Å². The molecule has 0 aromatic carbocycles. The average molecular weight is 146 g/mol. The Morgan fingerprint density at radius 1 is 1.50 bits per heavy atom. The van der Waals surface area contributed by atoms with Crippen LogP contribution in [-0.2, 0) is 4.79 Å². The van der Waals surface area contributed by atoms with E-state index in [0.29, 0.717) is 4.48 Å². The van der Waals surface area contributed by atoms with E-state index in [1.807, 2.05) is 14.1 Å². The SMILES string of the molecule is CCC[N+](C)(C)CC(=O)O. The number of hydrogen-bond donors (Lipinski definition) is 1. The van der Waals surface area contributed by atoms with Crippen molar-refractivity contribution in [3.8, 4) is 0 Å². The third kappa shape index (κ3) is 4.32. The number of aliphatic carboxylic acids is 1. The summed E-state index contributed by atoms with van der Waals surface area (Å²) in [5.41, 5.74) is 0. The molecule has 0 amide bonds. The minimum Gasteiger partial charge on any atom is -0.477 e. The van der Waals surface area contributed by atoms with E-state index in [0.717, 1.165) is 13.0 Å². The molecule has 0 unspecified atom stereocenters. The van der Waals surface area contributed by atoms with Gasteiger partial charge < -0.3 is 9.59 Å². The first-order valence-electron chi connectivity index (χ1n) is 3.52. The van der Waals surface area contributed by atoms with Crippen molar-refractivity contribution in [3.05, 3.63) is 0 Å². The maximum atomic E-state index is 10.3. The molecule has 0 aliphatic rings. The summed E-state index contributed by atoms with van der Waals surface area (Å²) in [6.07, 6.45) is 1.03. The number of carboxylic acid groups (broad SMARTS) is 1. The zero-order chi connectivity index (χ0) is 8.20. The lowest BCUT2D eigenvalue weighted by Crippen LogP contribution is -2.44. The molecule has 0 saturated carbocycles. The first kappa shape index (κ1) is 9.43. The first-order chi connectivity index (χ1) is 4.48. The number of quaternary nitrogens is 1. The molecule has 0 aromatic rings. The third-order valence-corrected chi connectivity index (χ3v) is 1.39. The summed E-state index contributed by atoms with van der Waals surface area (Å²) < 4.78 is 0.575. The number of carbonyl (C=O) groups is 1. The number of nitrogens with zero attached hydrogens (tertiary/aromatic N) is 1. The quantitative estimate of drug-likeness (QED) is 0.588. The maximum Gasteiger partial charge on any atom is 0.359 e. The van der Waals surface area contributed by atoms with Gasteiger partial charge in [0, 0.05) is 0 Å². The van der Waals surface area contributed by atoms with Gasteiger partial charge in [-0.15, -0.1) is 0 Å². The highest BCUT2D eigenvalue weighted by Gasteiger charge is 2.17. The lowest BCUT2D eigenvalue weighted by molar-refractivity contribution is -0.883. The van der Waals surface area contributed by atoms with Crippen LogP contribution in [-0.4, -0.2) is 42.7 Å². The van der Waals surface area contributed by atoms with E-state index >= 15 is 0 Å². The smallest absolute Gasteiger partial charge is 0.359 e. The van der Waals surface area contributed by atoms with Gasteiger partial charge in [0.15, 0.2) is 6.54 Å². The molecule has 1 N–H and O–H groups in total. The second-order valence-corrected chi connectivity index (χ2v) is 3.21. The standard InChI is InChI=1S/C7H15NO2/c1-4-5-8(2,3)6-7(9)10/h4-6H2,1-3H3/p+1. The summed E-state index contributed by atoms with van der Waals surface area (Å²) in [7, 11) is 3.86. The average Bonchev–Trinajstić information content (AvgIpc) is 1.59. The summed E-state index contributed by atoms with van der Waals surface area (Å²) in [4.78, 5) is 10.3. The van der Waals surface area contributed by atoms with E-state index in [-0.39, 0.29) is 6.54 Å². The highest BCUT2D eigenvalue weighted by Crippen LogP contribution is 1.97. The number of hydrogen-bond acceptors (Lipinski definition) is 1. The Morgan fingerprint density at radius 2 is 2.00 bits per heavy atom. The lowest BCUT2D eigenvalue weighted by Gasteiger charge is -2.26. The lowest BCUT2D eigenvalue weighted by atomic mass is 10.4. The molecule has 10 heavy (non-hydrogen) atoms. The van der Waals surface area contributed by atoms with Gasteiger partial charge >= 0.3 is 5.97 Å². The van der Waals surface area contributed by atoms with Crippen LogP contribution in [0.3, 0.4) is 0 Å². The molecule has 0 fully saturated rings. The van der Waals surface area contributed by atoms with E-state index in [2.05, 4.69) is 6.92 Å². The Kier molecular flexibility index (Phi) is 3.36. The van der Waals surface area contributed by atoms with Crippen molar-refractivity contribution in [3.63, 3.8) is 0 Å². The van der Waals surface area contributed by atoms with Crippen molar-refractivity contribution in [1.82, 2.24) is 0 Å². The van der Waals surface area contributed by atoms with Gasteiger partial charge in [-0.2, -0.15) is 0 Å². The van der Waals surface area contributed by atoms with Gasteiger partial charge in [0.25, 0.3) is 0 Å². The van der Waals surface area contributed by atoms with Crippen molar-refractivity contribution in [1.29, 1.82) is 0 Å². The number of rotatable bonds is 4. The zero-order valence-corrected chi connectivity index (χ0v) is 6.92. The maximum absolute atomic E-state index is 10.3. The summed E-state index contributed by atoms with van der Waals surface area (Å²) >= 11 is 0. The summed E-state index contributed by atoms with van der Waals surface area (Å²) in [6, 6.07) is 0. The van der Waals surface area contributed by atoms with Gasteiger partial charge in [0.05, 0.1) is 20.6 Å². The molecule has 0 aliphatic carbocycles. The van der Waals surface area contributed by atoms with Crippen LogP contribution in [0.25, 0.3) is 0 Å². The van der Waals surface area contributed by atoms with Crippen LogP contribution in [0.2, 0.25) is 0 Å². The predicted molar refractivity (Wildman–Crippen MR) is 39.8 cm³/mol. The van der Waals surface area contributed by atoms with Crippen LogP contribution < -0.4 is 0 Å². The largest absolute Gasteiger partial charge is 0.477 e. The van der Waals surface area contributed by atoms with Gasteiger partial charge in [-0.25, -0.2) is 4.79 Å². The second-order valence-electron chi connectivity index (χ2n) is 3.21. The molecule has 0 spiro atoms. The van der Waals surface area contributed by atoms with E-state index in [9.17, 15) is 4.79 Å². The van der Waals surface area contributed by atoms with Crippen LogP contribution in [0.1, 0.15) is 13.3 Å². The Balaban J connectivity index is 3.74. The zero-order valence-electron chi connectivity index (χ0n) is 6.92. The van der Waals surface area contributed by atoms with Crippen molar-refractivity contribution in [2.45, 2.75) is 13.3 Å². The topological polar surface area (TPSA) is 37.3 Å². The monoisotopic (exact) mass is 146 g/mol. The van der Waals surface area contributed by atoms with Crippen LogP contribution in [0.15, 0.2) is 0 Å². The minimum atomic E-state index is -0.724. The van der Waals surface area contributed by atoms with Gasteiger partial charge in [-0.05, 0) is 6.42 Å². The summed E-state index contributed by atoms with van der Waals surface area (Å²) in [6.45, 7) is 3.20. The normalized spacial score (nSPS) is 11.5. The van der Waals surface area contributed by atoms with E-state index in [1.54, 1.807) is 0 Å². The van der Waals surface area contributed by atoms with Crippen LogP contribution in [0.4, 0.5) is 0 Å². The molecule has 3 nitrogen and oxygen atoms in total. The van der Waals surface area contributed by atoms with E-state index in [4.69, 9.17) is 5.11 Å². The predicted octanol–water partition coefficient (Wildman–Crippen LogP) is 0.557. The minimum absolute atomic E-state index is 0.216. The highest BCUT2D eigenvalue weighted by atomic mass is 16.4. The molecule has 0 saturated heterocycles. The number of carboxylic acids is 1. The fraction of sp³-hybridized carbons (Fsp3) is 0.857. The fourth-order valence-corrected chi connectivity index (χ4v) is 1.05. The number of likely N-dealkylation sites (N-methyl/N-ethyl adjacent to an activating group) is 1. The van der Waals surface area contributed by atoms with Crippen molar-refractivity contribution in [2.75, 3.05) is 27.2 Å². The van der Waals surface area contributed by atoms with Crippen molar-refractivity contribution < 1.29 is 14.4 Å². The molecule has 3 heteroatoms. The molecule has 0 aromatic heterocycles. The highest BCUT2D eigenvalue weighted by molar-refractivity contribution is 5.67. The van der Waals surface area contributed by atoms with Crippen molar-refractivity contribution >= 4 is 5.97 Å². The molecular weight excluding hydrogens is 130 g/mol. The van der Waals surface area contributed by atoms with Gasteiger partial charge in [0.2, 0.25) is 0 Å². The van der Waals surface area contributed by atoms with Crippen LogP contribution >= 0.6 is 0 Å². The van der Waals surface area contributed by atoms with Gasteiger partial charge in [-0.3, -0.25) is 0 Å². The van der Waals surface area contributed by atoms with E-state index < -0.39 is 5.97 Å². The Morgan fingerprint density at radius 3 is 2.30 bits per heavy atom. The van der Waals surface area contributed by atoms with Crippen LogP contribution in [0.5, 0.6) is 0 Å². The Bertz CT molecular complexity index is 121. The van der Waals surface area contributed by atoms with Gasteiger partial charge in [0.1, 0.15) is 0 Å². The third-order valence-electron chi connectivity index (χ3n) is 1.39. The Labute approximate surface area is 61.9 Å². The molecular formula is C7H16NO2+. The van der Waals surface area contributed by atoms with Crippen molar-refractivity contribution in [2.24, 2.45) is 0 Å². The molecule has 0 atom stereocenters. The second kappa shape index (κ2) is 3.56. The Hall–Kier alpha value is -0.570. The molecule has 0 rings (SSSR count). The van der Waals surface area contributed by atoms with Crippen LogP contribution in [0, 0.1) is 0 Å². The summed E-state index contributed by atoms with van der Waals surface area (Å²) in [5.74, 6) is -0.724. The molecule has 0 heterocycles. The summed E-state index contributed by atoms with van der Waals surface area (Å²) in [5, 5.41) is 8.46. The molecule has 0 bridgehead atoms.